The number of piperazine rings is 1. The molecule has 5 nitrogen and oxygen atoms in total. The third-order valence-corrected chi connectivity index (χ3v) is 4.35. The molecule has 0 saturated carbocycles. The first-order valence-corrected chi connectivity index (χ1v) is 8.62. The quantitative estimate of drug-likeness (QED) is 0.799. The van der Waals surface area contributed by atoms with Gasteiger partial charge in [0.15, 0.2) is 0 Å². The van der Waals surface area contributed by atoms with Crippen LogP contribution in [0.25, 0.3) is 0 Å². The third-order valence-electron chi connectivity index (χ3n) is 4.35. The number of aromatic nitrogens is 3. The first kappa shape index (κ1) is 16.4. The molecule has 2 atom stereocenters. The lowest BCUT2D eigenvalue weighted by Crippen LogP contribution is -2.56. The maximum Gasteiger partial charge on any atom is 0.141 e. The van der Waals surface area contributed by atoms with Crippen LogP contribution < -0.4 is 5.32 Å². The van der Waals surface area contributed by atoms with Crippen molar-refractivity contribution in [1.29, 1.82) is 0 Å². The molecule has 1 aliphatic rings. The van der Waals surface area contributed by atoms with Crippen LogP contribution in [-0.4, -0.2) is 44.8 Å². The number of nitrogens with one attached hydrogen (secondary N) is 1. The molecule has 1 saturated heterocycles. The van der Waals surface area contributed by atoms with E-state index in [1.54, 1.807) is 6.33 Å². The molecule has 1 fully saturated rings. The minimum absolute atomic E-state index is 0.630. The predicted molar refractivity (Wildman–Crippen MR) is 86.1 cm³/mol. The molecule has 0 bridgehead atoms. The Morgan fingerprint density at radius 1 is 1.19 bits per heavy atom. The zero-order chi connectivity index (χ0) is 15.1. The van der Waals surface area contributed by atoms with E-state index in [-0.39, 0.29) is 0 Å². The zero-order valence-electron chi connectivity index (χ0n) is 13.9. The van der Waals surface area contributed by atoms with Gasteiger partial charge in [-0.05, 0) is 19.3 Å². The molecule has 0 aromatic carbocycles. The Hall–Kier alpha value is -0.940. The molecule has 5 heteroatoms. The second kappa shape index (κ2) is 8.49. The summed E-state index contributed by atoms with van der Waals surface area (Å²) in [6.45, 7) is 10.9. The van der Waals surface area contributed by atoms with Gasteiger partial charge in [-0.1, -0.05) is 33.6 Å². The summed E-state index contributed by atoms with van der Waals surface area (Å²) in [5.74, 6) is 1.12. The Bertz CT molecular complexity index is 403. The van der Waals surface area contributed by atoms with Crippen molar-refractivity contribution in [3.05, 3.63) is 12.2 Å². The van der Waals surface area contributed by atoms with Gasteiger partial charge in [0.2, 0.25) is 0 Å². The maximum atomic E-state index is 4.48. The number of hydrogen-bond donors (Lipinski definition) is 1. The second-order valence-electron chi connectivity index (χ2n) is 6.17. The summed E-state index contributed by atoms with van der Waals surface area (Å²) in [7, 11) is 0. The first-order valence-electron chi connectivity index (χ1n) is 8.62. The molecule has 2 rings (SSSR count). The monoisotopic (exact) mass is 293 g/mol. The van der Waals surface area contributed by atoms with E-state index >= 15 is 0 Å². The topological polar surface area (TPSA) is 46.0 Å². The Labute approximate surface area is 129 Å². The molecule has 120 valence electrons. The van der Waals surface area contributed by atoms with Gasteiger partial charge in [0, 0.05) is 31.7 Å². The van der Waals surface area contributed by atoms with Gasteiger partial charge in [-0.2, -0.15) is 5.10 Å². The van der Waals surface area contributed by atoms with Gasteiger partial charge in [0.1, 0.15) is 12.2 Å². The van der Waals surface area contributed by atoms with E-state index in [1.165, 1.54) is 25.7 Å². The lowest BCUT2D eigenvalue weighted by atomic mass is 10.0. The van der Waals surface area contributed by atoms with E-state index < -0.39 is 0 Å². The van der Waals surface area contributed by atoms with Gasteiger partial charge >= 0.3 is 0 Å². The van der Waals surface area contributed by atoms with Crippen LogP contribution in [0.15, 0.2) is 6.33 Å². The minimum atomic E-state index is 0.630. The summed E-state index contributed by atoms with van der Waals surface area (Å²) >= 11 is 0. The predicted octanol–water partition coefficient (Wildman–Crippen LogP) is 2.43. The molecule has 2 unspecified atom stereocenters. The van der Waals surface area contributed by atoms with Gasteiger partial charge in [-0.25, -0.2) is 9.67 Å². The molecule has 1 N–H and O–H groups in total. The Morgan fingerprint density at radius 2 is 2.00 bits per heavy atom. The van der Waals surface area contributed by atoms with Crippen molar-refractivity contribution in [3.8, 4) is 0 Å². The van der Waals surface area contributed by atoms with E-state index in [0.717, 1.165) is 38.4 Å². The van der Waals surface area contributed by atoms with Gasteiger partial charge in [-0.3, -0.25) is 4.90 Å². The number of hydrogen-bond acceptors (Lipinski definition) is 4. The molecule has 0 radical (unpaired) electrons. The molecule has 2 heterocycles. The molecule has 1 aliphatic heterocycles. The molecule has 0 amide bonds. The Morgan fingerprint density at radius 3 is 2.71 bits per heavy atom. The fraction of sp³-hybridized carbons (Fsp3) is 0.875. The normalized spacial score (nSPS) is 23.6. The first-order chi connectivity index (χ1) is 10.3. The Kier molecular flexibility index (Phi) is 6.64. The average molecular weight is 293 g/mol. The van der Waals surface area contributed by atoms with E-state index in [1.807, 2.05) is 0 Å². The van der Waals surface area contributed by atoms with Crippen molar-refractivity contribution in [1.82, 2.24) is 25.0 Å². The summed E-state index contributed by atoms with van der Waals surface area (Å²) in [6, 6.07) is 1.26. The van der Waals surface area contributed by atoms with Crippen molar-refractivity contribution in [2.75, 3.05) is 13.1 Å². The van der Waals surface area contributed by atoms with Crippen LogP contribution in [0.5, 0.6) is 0 Å². The summed E-state index contributed by atoms with van der Waals surface area (Å²) in [4.78, 5) is 7.11. The molecule has 0 aliphatic carbocycles. The van der Waals surface area contributed by atoms with Crippen molar-refractivity contribution >= 4 is 0 Å². The number of rotatable bonds is 8. The average Bonchev–Trinajstić information content (AvgIpc) is 2.90. The fourth-order valence-electron chi connectivity index (χ4n) is 3.27. The van der Waals surface area contributed by atoms with Crippen molar-refractivity contribution in [3.63, 3.8) is 0 Å². The maximum absolute atomic E-state index is 4.48. The SMILES string of the molecule is CCCC1CN(Cc2ncnn2CCC)C(CCC)CN1. The standard InChI is InChI=1S/C16H31N5/c1-4-7-14-11-20(15(8-5-2)10-17-14)12-16-18-13-19-21(16)9-6-3/h13-15,17H,4-12H2,1-3H3. The lowest BCUT2D eigenvalue weighted by Gasteiger charge is -2.40. The van der Waals surface area contributed by atoms with Gasteiger partial charge in [0.05, 0.1) is 6.54 Å². The lowest BCUT2D eigenvalue weighted by molar-refractivity contribution is 0.107. The minimum Gasteiger partial charge on any atom is -0.311 e. The smallest absolute Gasteiger partial charge is 0.141 e. The summed E-state index contributed by atoms with van der Waals surface area (Å²) in [5.41, 5.74) is 0. The highest BCUT2D eigenvalue weighted by molar-refractivity contribution is 4.91. The molecule has 1 aromatic heterocycles. The summed E-state index contributed by atoms with van der Waals surface area (Å²) in [5, 5.41) is 8.08. The van der Waals surface area contributed by atoms with Crippen LogP contribution in [0.4, 0.5) is 0 Å². The largest absolute Gasteiger partial charge is 0.311 e. The van der Waals surface area contributed by atoms with Crippen LogP contribution in [0.2, 0.25) is 0 Å². The third kappa shape index (κ3) is 4.51. The molecule has 21 heavy (non-hydrogen) atoms. The highest BCUT2D eigenvalue weighted by Gasteiger charge is 2.27. The molecular weight excluding hydrogens is 262 g/mol. The molecule has 1 aromatic rings. The highest BCUT2D eigenvalue weighted by Crippen LogP contribution is 2.17. The molecule has 0 spiro atoms. The van der Waals surface area contributed by atoms with Crippen LogP contribution in [0.3, 0.4) is 0 Å². The van der Waals surface area contributed by atoms with Crippen LogP contribution in [0, 0.1) is 0 Å². The highest BCUT2D eigenvalue weighted by atomic mass is 15.4. The van der Waals surface area contributed by atoms with Crippen LogP contribution in [0.1, 0.15) is 58.7 Å². The van der Waals surface area contributed by atoms with Crippen molar-refractivity contribution in [2.24, 2.45) is 0 Å². The number of nitrogens with zero attached hydrogens (tertiary/aromatic N) is 4. The van der Waals surface area contributed by atoms with E-state index in [9.17, 15) is 0 Å². The fourth-order valence-corrected chi connectivity index (χ4v) is 3.27. The van der Waals surface area contributed by atoms with Crippen LogP contribution >= 0.6 is 0 Å². The molecular formula is C16H31N5. The summed E-state index contributed by atoms with van der Waals surface area (Å²) < 4.78 is 2.07. The van der Waals surface area contributed by atoms with E-state index in [0.29, 0.717) is 12.1 Å². The van der Waals surface area contributed by atoms with E-state index in [2.05, 4.69) is 45.8 Å². The number of aryl methyl sites for hydroxylation is 1. The van der Waals surface area contributed by atoms with Crippen molar-refractivity contribution < 1.29 is 0 Å². The van der Waals surface area contributed by atoms with Crippen molar-refractivity contribution in [2.45, 2.75) is 78.0 Å². The van der Waals surface area contributed by atoms with Gasteiger partial charge < -0.3 is 5.32 Å². The second-order valence-corrected chi connectivity index (χ2v) is 6.17. The Balaban J connectivity index is 2.02. The van der Waals surface area contributed by atoms with Gasteiger partial charge in [-0.15, -0.1) is 0 Å². The van der Waals surface area contributed by atoms with Crippen LogP contribution in [-0.2, 0) is 13.1 Å². The zero-order valence-corrected chi connectivity index (χ0v) is 13.9. The van der Waals surface area contributed by atoms with Gasteiger partial charge in [0.25, 0.3) is 0 Å². The summed E-state index contributed by atoms with van der Waals surface area (Å²) in [6.07, 6.45) is 7.81. The van der Waals surface area contributed by atoms with E-state index in [4.69, 9.17) is 0 Å².